The van der Waals surface area contributed by atoms with Gasteiger partial charge in [-0.25, -0.2) is 4.39 Å². The van der Waals surface area contributed by atoms with Crippen LogP contribution in [0.15, 0.2) is 36.4 Å². The maximum absolute atomic E-state index is 13.9. The van der Waals surface area contributed by atoms with Gasteiger partial charge in [-0.05, 0) is 57.1 Å². The first kappa shape index (κ1) is 17.5. The molecule has 0 N–H and O–H groups in total. The van der Waals surface area contributed by atoms with Crippen molar-refractivity contribution in [3.8, 4) is 11.5 Å². The minimum absolute atomic E-state index is 0.141. The molecule has 0 saturated carbocycles. The first-order valence-electron chi connectivity index (χ1n) is 8.10. The van der Waals surface area contributed by atoms with Crippen molar-refractivity contribution >= 4 is 23.2 Å². The molecular weight excluding hydrogens is 348 g/mol. The van der Waals surface area contributed by atoms with E-state index in [2.05, 4.69) is 18.9 Å². The van der Waals surface area contributed by atoms with Crippen molar-refractivity contribution in [3.05, 3.63) is 57.8 Å². The zero-order valence-corrected chi connectivity index (χ0v) is 15.2. The second kappa shape index (κ2) is 7.30. The smallest absolute Gasteiger partial charge is 0.132 e. The van der Waals surface area contributed by atoms with Crippen LogP contribution in [0.4, 0.5) is 4.39 Å². The Bertz CT molecular complexity index is 737. The molecule has 1 aliphatic heterocycles. The van der Waals surface area contributed by atoms with E-state index in [1.165, 1.54) is 6.07 Å². The molecule has 1 aliphatic rings. The van der Waals surface area contributed by atoms with Gasteiger partial charge in [-0.1, -0.05) is 29.6 Å². The molecule has 2 aromatic rings. The molecule has 2 atom stereocenters. The normalized spacial score (nSPS) is 21.7. The van der Waals surface area contributed by atoms with Crippen LogP contribution in [-0.4, -0.2) is 18.0 Å². The van der Waals surface area contributed by atoms with Crippen LogP contribution in [0.3, 0.4) is 0 Å². The third-order valence-electron chi connectivity index (χ3n) is 4.74. The lowest BCUT2D eigenvalue weighted by Crippen LogP contribution is -2.36. The summed E-state index contributed by atoms with van der Waals surface area (Å²) in [5, 5.41) is 0.908. The average Bonchev–Trinajstić information content (AvgIpc) is 2.55. The molecule has 0 aliphatic carbocycles. The lowest BCUT2D eigenvalue weighted by molar-refractivity contribution is 0.124. The first-order valence-corrected chi connectivity index (χ1v) is 8.85. The van der Waals surface area contributed by atoms with Crippen LogP contribution < -0.4 is 4.74 Å². The molecule has 0 aromatic heterocycles. The summed E-state index contributed by atoms with van der Waals surface area (Å²) in [7, 11) is 2.09. The molecule has 2 unspecified atom stereocenters. The standard InChI is InChI=1S/C19H20Cl2FNO/c1-12-4-3-5-18(23(12)2)15-10-13(22)6-9-19(15)24-14-7-8-16(20)17(21)11-14/h6-12,18H,3-5H2,1-2H3. The summed E-state index contributed by atoms with van der Waals surface area (Å²) in [5.41, 5.74) is 0.870. The molecule has 0 amide bonds. The lowest BCUT2D eigenvalue weighted by atomic mass is 9.91. The molecule has 0 radical (unpaired) electrons. The van der Waals surface area contributed by atoms with Crippen LogP contribution in [0.2, 0.25) is 10.0 Å². The summed E-state index contributed by atoms with van der Waals surface area (Å²) in [5.74, 6) is 0.989. The van der Waals surface area contributed by atoms with Gasteiger partial charge in [-0.15, -0.1) is 0 Å². The van der Waals surface area contributed by atoms with E-state index in [1.807, 2.05) is 0 Å². The van der Waals surface area contributed by atoms with Gasteiger partial charge in [0.2, 0.25) is 0 Å². The summed E-state index contributed by atoms with van der Waals surface area (Å²) in [6.45, 7) is 2.20. The Morgan fingerprint density at radius 1 is 1.08 bits per heavy atom. The quantitative estimate of drug-likeness (QED) is 0.616. The lowest BCUT2D eigenvalue weighted by Gasteiger charge is -2.38. The number of ether oxygens (including phenoxy) is 1. The fourth-order valence-electron chi connectivity index (χ4n) is 3.24. The summed E-state index contributed by atoms with van der Waals surface area (Å²) in [6, 6.07) is 10.4. The van der Waals surface area contributed by atoms with Crippen molar-refractivity contribution in [3.63, 3.8) is 0 Å². The van der Waals surface area contributed by atoms with Gasteiger partial charge in [0.05, 0.1) is 10.0 Å². The second-order valence-electron chi connectivity index (χ2n) is 6.32. The van der Waals surface area contributed by atoms with Crippen LogP contribution in [0.1, 0.15) is 37.8 Å². The fourth-order valence-corrected chi connectivity index (χ4v) is 3.52. The highest BCUT2D eigenvalue weighted by Crippen LogP contribution is 2.40. The summed E-state index contributed by atoms with van der Waals surface area (Å²) < 4.78 is 19.9. The molecule has 5 heteroatoms. The zero-order chi connectivity index (χ0) is 17.3. The minimum atomic E-state index is -0.252. The number of halogens is 3. The van der Waals surface area contributed by atoms with E-state index in [0.29, 0.717) is 27.6 Å². The summed E-state index contributed by atoms with van der Waals surface area (Å²) >= 11 is 12.0. The third kappa shape index (κ3) is 3.69. The highest BCUT2D eigenvalue weighted by atomic mass is 35.5. The molecule has 24 heavy (non-hydrogen) atoms. The van der Waals surface area contributed by atoms with Gasteiger partial charge in [0, 0.05) is 23.7 Å². The average molecular weight is 368 g/mol. The Morgan fingerprint density at radius 2 is 1.88 bits per heavy atom. The van der Waals surface area contributed by atoms with E-state index in [1.54, 1.807) is 30.3 Å². The van der Waals surface area contributed by atoms with Gasteiger partial charge in [-0.3, -0.25) is 4.90 Å². The Labute approximate surface area is 152 Å². The maximum atomic E-state index is 13.9. The van der Waals surface area contributed by atoms with Crippen LogP contribution in [-0.2, 0) is 0 Å². The van der Waals surface area contributed by atoms with E-state index in [-0.39, 0.29) is 11.9 Å². The molecule has 1 heterocycles. The van der Waals surface area contributed by atoms with E-state index >= 15 is 0 Å². The van der Waals surface area contributed by atoms with Gasteiger partial charge in [0.15, 0.2) is 0 Å². The van der Waals surface area contributed by atoms with Gasteiger partial charge < -0.3 is 4.74 Å². The van der Waals surface area contributed by atoms with Crippen LogP contribution in [0.5, 0.6) is 11.5 Å². The molecule has 2 nitrogen and oxygen atoms in total. The number of rotatable bonds is 3. The van der Waals surface area contributed by atoms with Crippen molar-refractivity contribution < 1.29 is 9.13 Å². The molecule has 1 saturated heterocycles. The maximum Gasteiger partial charge on any atom is 0.132 e. The third-order valence-corrected chi connectivity index (χ3v) is 5.48. The summed E-state index contributed by atoms with van der Waals surface area (Å²) in [4.78, 5) is 2.29. The van der Waals surface area contributed by atoms with Gasteiger partial charge in [-0.2, -0.15) is 0 Å². The second-order valence-corrected chi connectivity index (χ2v) is 7.14. The van der Waals surface area contributed by atoms with Crippen molar-refractivity contribution in [2.75, 3.05) is 7.05 Å². The number of nitrogens with zero attached hydrogens (tertiary/aromatic N) is 1. The Morgan fingerprint density at radius 3 is 2.62 bits per heavy atom. The molecule has 3 rings (SSSR count). The minimum Gasteiger partial charge on any atom is -0.457 e. The highest BCUT2D eigenvalue weighted by Gasteiger charge is 2.28. The predicted molar refractivity (Wildman–Crippen MR) is 96.8 cm³/mol. The van der Waals surface area contributed by atoms with Crippen LogP contribution in [0, 0.1) is 5.82 Å². The van der Waals surface area contributed by atoms with E-state index in [4.69, 9.17) is 27.9 Å². The van der Waals surface area contributed by atoms with Gasteiger partial charge in [0.25, 0.3) is 0 Å². The largest absolute Gasteiger partial charge is 0.457 e. The number of hydrogen-bond acceptors (Lipinski definition) is 2. The number of likely N-dealkylation sites (tertiary alicyclic amines) is 1. The van der Waals surface area contributed by atoms with E-state index in [0.717, 1.165) is 24.8 Å². The number of benzene rings is 2. The molecule has 0 spiro atoms. The van der Waals surface area contributed by atoms with Crippen LogP contribution >= 0.6 is 23.2 Å². The van der Waals surface area contributed by atoms with Crippen molar-refractivity contribution in [2.45, 2.75) is 38.3 Å². The van der Waals surface area contributed by atoms with Gasteiger partial charge in [0.1, 0.15) is 17.3 Å². The highest BCUT2D eigenvalue weighted by molar-refractivity contribution is 6.42. The monoisotopic (exact) mass is 367 g/mol. The zero-order valence-electron chi connectivity index (χ0n) is 13.7. The Hall–Kier alpha value is -1.29. The Kier molecular flexibility index (Phi) is 5.33. The SMILES string of the molecule is CC1CCCC(c2cc(F)ccc2Oc2ccc(Cl)c(Cl)c2)N1C. The van der Waals surface area contributed by atoms with E-state index in [9.17, 15) is 4.39 Å². The number of hydrogen-bond donors (Lipinski definition) is 0. The molecule has 1 fully saturated rings. The molecular formula is C19H20Cl2FNO. The van der Waals surface area contributed by atoms with Gasteiger partial charge >= 0.3 is 0 Å². The Balaban J connectivity index is 1.94. The van der Waals surface area contributed by atoms with Crippen molar-refractivity contribution in [1.29, 1.82) is 0 Å². The van der Waals surface area contributed by atoms with Crippen molar-refractivity contribution in [2.24, 2.45) is 0 Å². The predicted octanol–water partition coefficient (Wildman–Crippen LogP) is 6.47. The van der Waals surface area contributed by atoms with Crippen LogP contribution in [0.25, 0.3) is 0 Å². The molecule has 0 bridgehead atoms. The topological polar surface area (TPSA) is 12.5 Å². The summed E-state index contributed by atoms with van der Waals surface area (Å²) in [6.07, 6.45) is 3.27. The van der Waals surface area contributed by atoms with Crippen molar-refractivity contribution in [1.82, 2.24) is 4.90 Å². The first-order chi connectivity index (χ1) is 11.5. The fraction of sp³-hybridized carbons (Fsp3) is 0.368. The molecule has 128 valence electrons. The molecule has 2 aromatic carbocycles. The number of piperidine rings is 1. The van der Waals surface area contributed by atoms with E-state index < -0.39 is 0 Å².